The van der Waals surface area contributed by atoms with Crippen LogP contribution < -0.4 is 5.32 Å². The smallest absolute Gasteiger partial charge is 0.0572 e. The van der Waals surface area contributed by atoms with Crippen LogP contribution in [0.25, 0.3) is 0 Å². The summed E-state index contributed by atoms with van der Waals surface area (Å²) in [7, 11) is 0. The van der Waals surface area contributed by atoms with Crippen molar-refractivity contribution in [2.24, 2.45) is 0 Å². The molecular weight excluding hydrogens is 222 g/mol. The van der Waals surface area contributed by atoms with Gasteiger partial charge in [0.2, 0.25) is 0 Å². The van der Waals surface area contributed by atoms with Gasteiger partial charge in [-0.2, -0.15) is 0 Å². The van der Waals surface area contributed by atoms with Gasteiger partial charge in [-0.25, -0.2) is 0 Å². The van der Waals surface area contributed by atoms with E-state index in [1.807, 2.05) is 12.3 Å². The molecule has 1 aliphatic heterocycles. The number of halogens is 1. The van der Waals surface area contributed by atoms with Gasteiger partial charge in [-0.05, 0) is 32.0 Å². The molecule has 1 N–H and O–H groups in total. The minimum absolute atomic E-state index is 0. The molecule has 0 radical (unpaired) electrons. The first-order valence-corrected chi connectivity index (χ1v) is 5.73. The summed E-state index contributed by atoms with van der Waals surface area (Å²) < 4.78 is 0. The lowest BCUT2D eigenvalue weighted by molar-refractivity contribution is 0.221. The van der Waals surface area contributed by atoms with Gasteiger partial charge in [0.15, 0.2) is 0 Å². The lowest BCUT2D eigenvalue weighted by atomic mass is 10.2. The van der Waals surface area contributed by atoms with Crippen LogP contribution in [0.3, 0.4) is 0 Å². The summed E-state index contributed by atoms with van der Waals surface area (Å²) in [5.41, 5.74) is 1.18. The second-order valence-corrected chi connectivity index (χ2v) is 4.07. The molecule has 0 saturated carbocycles. The molecular formula is C12H20ClN3. The van der Waals surface area contributed by atoms with E-state index in [0.29, 0.717) is 6.04 Å². The van der Waals surface area contributed by atoms with Gasteiger partial charge in [-0.1, -0.05) is 6.07 Å². The van der Waals surface area contributed by atoms with Crippen molar-refractivity contribution >= 4 is 12.4 Å². The first kappa shape index (κ1) is 13.4. The van der Waals surface area contributed by atoms with Gasteiger partial charge in [0.05, 0.1) is 5.69 Å². The number of nitrogens with one attached hydrogen (secondary N) is 1. The van der Waals surface area contributed by atoms with Crippen molar-refractivity contribution in [3.8, 4) is 0 Å². The van der Waals surface area contributed by atoms with Crippen LogP contribution in [0.2, 0.25) is 0 Å². The highest BCUT2D eigenvalue weighted by atomic mass is 35.5. The first-order valence-electron chi connectivity index (χ1n) is 5.73. The lowest BCUT2D eigenvalue weighted by Crippen LogP contribution is -2.31. The van der Waals surface area contributed by atoms with Crippen molar-refractivity contribution in [3.05, 3.63) is 30.1 Å². The fraction of sp³-hybridized carbons (Fsp3) is 0.583. The Morgan fingerprint density at radius 3 is 2.94 bits per heavy atom. The summed E-state index contributed by atoms with van der Waals surface area (Å²) in [6.07, 6.45) is 3.11. The zero-order valence-corrected chi connectivity index (χ0v) is 10.5. The van der Waals surface area contributed by atoms with Crippen LogP contribution in [0.5, 0.6) is 0 Å². The molecule has 1 saturated heterocycles. The molecule has 1 unspecified atom stereocenters. The maximum absolute atomic E-state index is 4.42. The number of hydrogen-bond donors (Lipinski definition) is 1. The van der Waals surface area contributed by atoms with Crippen molar-refractivity contribution < 1.29 is 0 Å². The molecule has 3 nitrogen and oxygen atoms in total. The molecule has 16 heavy (non-hydrogen) atoms. The normalized spacial score (nSPS) is 19.6. The molecule has 0 aromatic carbocycles. The third kappa shape index (κ3) is 3.44. The van der Waals surface area contributed by atoms with Crippen molar-refractivity contribution in [1.82, 2.24) is 15.2 Å². The van der Waals surface area contributed by atoms with E-state index >= 15 is 0 Å². The minimum Gasteiger partial charge on any atom is -0.315 e. The van der Waals surface area contributed by atoms with Crippen LogP contribution >= 0.6 is 12.4 Å². The molecule has 4 heteroatoms. The van der Waals surface area contributed by atoms with Gasteiger partial charge in [0.1, 0.15) is 0 Å². The predicted molar refractivity (Wildman–Crippen MR) is 69.0 cm³/mol. The molecule has 1 aliphatic rings. The van der Waals surface area contributed by atoms with Crippen LogP contribution in [0.15, 0.2) is 24.4 Å². The number of rotatable bonds is 2. The second-order valence-electron chi connectivity index (χ2n) is 4.07. The second kappa shape index (κ2) is 6.84. The molecule has 1 aromatic rings. The Hall–Kier alpha value is -0.640. The Kier molecular flexibility index (Phi) is 5.74. The first-order chi connectivity index (χ1) is 7.38. The van der Waals surface area contributed by atoms with E-state index in [9.17, 15) is 0 Å². The molecule has 2 heterocycles. The van der Waals surface area contributed by atoms with Crippen LogP contribution in [-0.2, 0) is 0 Å². The Bertz CT molecular complexity index is 284. The molecule has 0 amide bonds. The quantitative estimate of drug-likeness (QED) is 0.857. The Morgan fingerprint density at radius 1 is 1.31 bits per heavy atom. The fourth-order valence-electron chi connectivity index (χ4n) is 2.06. The van der Waals surface area contributed by atoms with Crippen LogP contribution in [0.1, 0.15) is 25.1 Å². The highest BCUT2D eigenvalue weighted by Crippen LogP contribution is 2.17. The average Bonchev–Trinajstić information content (AvgIpc) is 2.58. The van der Waals surface area contributed by atoms with E-state index in [4.69, 9.17) is 0 Å². The summed E-state index contributed by atoms with van der Waals surface area (Å²) >= 11 is 0. The highest BCUT2D eigenvalue weighted by molar-refractivity contribution is 5.85. The van der Waals surface area contributed by atoms with Crippen molar-refractivity contribution in [2.45, 2.75) is 19.4 Å². The Balaban J connectivity index is 0.00000128. The summed E-state index contributed by atoms with van der Waals surface area (Å²) in [5.74, 6) is 0. The molecule has 1 atom stereocenters. The highest BCUT2D eigenvalue weighted by Gasteiger charge is 2.17. The number of nitrogens with zero attached hydrogens (tertiary/aromatic N) is 2. The Labute approximate surface area is 104 Å². The standard InChI is InChI=1S/C12H19N3.ClH/c1-11(12-5-2-3-7-14-12)15-9-4-6-13-8-10-15;/h2-3,5,7,11,13H,4,6,8-10H2,1H3;1H. The Morgan fingerprint density at radius 2 is 2.19 bits per heavy atom. The molecule has 90 valence electrons. The maximum atomic E-state index is 4.42. The van der Waals surface area contributed by atoms with E-state index in [1.54, 1.807) is 0 Å². The van der Waals surface area contributed by atoms with Crippen LogP contribution in [0.4, 0.5) is 0 Å². The predicted octanol–water partition coefficient (Wildman–Crippen LogP) is 1.86. The van der Waals surface area contributed by atoms with Gasteiger partial charge in [-0.15, -0.1) is 12.4 Å². The fourth-order valence-corrected chi connectivity index (χ4v) is 2.06. The van der Waals surface area contributed by atoms with Crippen molar-refractivity contribution in [3.63, 3.8) is 0 Å². The van der Waals surface area contributed by atoms with Gasteiger partial charge >= 0.3 is 0 Å². The SMILES string of the molecule is CC(c1ccccn1)N1CCCNCC1.Cl. The van der Waals surface area contributed by atoms with Crippen molar-refractivity contribution in [1.29, 1.82) is 0 Å². The summed E-state index contributed by atoms with van der Waals surface area (Å²) in [4.78, 5) is 6.92. The van der Waals surface area contributed by atoms with Gasteiger partial charge in [0, 0.05) is 31.9 Å². The van der Waals surface area contributed by atoms with Gasteiger partial charge in [0.25, 0.3) is 0 Å². The van der Waals surface area contributed by atoms with Crippen molar-refractivity contribution in [2.75, 3.05) is 26.2 Å². The molecule has 0 spiro atoms. The van der Waals surface area contributed by atoms with E-state index in [-0.39, 0.29) is 12.4 Å². The lowest BCUT2D eigenvalue weighted by Gasteiger charge is -2.26. The summed E-state index contributed by atoms with van der Waals surface area (Å²) in [6.45, 7) is 6.78. The van der Waals surface area contributed by atoms with Crippen LogP contribution in [0, 0.1) is 0 Å². The third-order valence-electron chi connectivity index (χ3n) is 3.04. The van der Waals surface area contributed by atoms with E-state index in [0.717, 1.165) is 19.6 Å². The number of pyridine rings is 1. The maximum Gasteiger partial charge on any atom is 0.0572 e. The molecule has 2 rings (SSSR count). The molecule has 0 bridgehead atoms. The van der Waals surface area contributed by atoms with Gasteiger partial charge < -0.3 is 5.32 Å². The zero-order chi connectivity index (χ0) is 10.5. The monoisotopic (exact) mass is 241 g/mol. The minimum atomic E-state index is 0. The molecule has 1 fully saturated rings. The zero-order valence-electron chi connectivity index (χ0n) is 9.72. The third-order valence-corrected chi connectivity index (χ3v) is 3.04. The van der Waals surface area contributed by atoms with Crippen LogP contribution in [-0.4, -0.2) is 36.1 Å². The summed E-state index contributed by atoms with van der Waals surface area (Å²) in [6, 6.07) is 6.59. The topological polar surface area (TPSA) is 28.2 Å². The largest absolute Gasteiger partial charge is 0.315 e. The van der Waals surface area contributed by atoms with E-state index < -0.39 is 0 Å². The average molecular weight is 242 g/mol. The number of aromatic nitrogens is 1. The molecule has 1 aromatic heterocycles. The van der Waals surface area contributed by atoms with E-state index in [2.05, 4.69) is 34.3 Å². The number of hydrogen-bond acceptors (Lipinski definition) is 3. The molecule has 0 aliphatic carbocycles. The van der Waals surface area contributed by atoms with E-state index in [1.165, 1.54) is 18.7 Å². The van der Waals surface area contributed by atoms with Gasteiger partial charge in [-0.3, -0.25) is 9.88 Å². The summed E-state index contributed by atoms with van der Waals surface area (Å²) in [5, 5.41) is 3.42.